The summed E-state index contributed by atoms with van der Waals surface area (Å²) in [5.41, 5.74) is -0.241. The standard InChI is InChI=1S/C24H42O4/c1-4-5-6-7-8-10-14-21(15-13-18-27-20-22(26)19-25)24(2,3)28-23-16-11-9-12-17-23/h9,11-12,16-17,21-22,25-26H,4-8,10,13-15,18-20H2,1-3H3. The van der Waals surface area contributed by atoms with Gasteiger partial charge in [-0.3, -0.25) is 0 Å². The van der Waals surface area contributed by atoms with Crippen LogP contribution < -0.4 is 4.74 Å². The molecule has 1 aromatic rings. The van der Waals surface area contributed by atoms with Gasteiger partial charge < -0.3 is 19.7 Å². The van der Waals surface area contributed by atoms with Gasteiger partial charge in [0.1, 0.15) is 17.5 Å². The van der Waals surface area contributed by atoms with Crippen LogP contribution in [0.15, 0.2) is 30.3 Å². The van der Waals surface area contributed by atoms with Crippen molar-refractivity contribution in [2.45, 2.75) is 90.3 Å². The minimum Gasteiger partial charge on any atom is -0.488 e. The summed E-state index contributed by atoms with van der Waals surface area (Å²) in [6.07, 6.45) is 10.1. The van der Waals surface area contributed by atoms with Gasteiger partial charge in [-0.1, -0.05) is 63.6 Å². The maximum Gasteiger partial charge on any atom is 0.120 e. The Hall–Kier alpha value is -1.10. The highest BCUT2D eigenvalue weighted by Gasteiger charge is 2.30. The number of ether oxygens (including phenoxy) is 2. The van der Waals surface area contributed by atoms with Crippen LogP contribution in [0, 0.1) is 5.92 Å². The van der Waals surface area contributed by atoms with Crippen LogP contribution in [0.5, 0.6) is 5.75 Å². The van der Waals surface area contributed by atoms with Crippen LogP contribution in [-0.4, -0.2) is 41.7 Å². The molecule has 1 rings (SSSR count). The number of aliphatic hydroxyl groups excluding tert-OH is 2. The number of rotatable bonds is 17. The first-order valence-corrected chi connectivity index (χ1v) is 11.1. The Kier molecular flexibility index (Phi) is 13.2. The molecule has 0 heterocycles. The van der Waals surface area contributed by atoms with Gasteiger partial charge in [-0.05, 0) is 51.2 Å². The fourth-order valence-electron chi connectivity index (χ4n) is 3.59. The average Bonchev–Trinajstić information content (AvgIpc) is 2.68. The fraction of sp³-hybridized carbons (Fsp3) is 0.750. The van der Waals surface area contributed by atoms with Crippen LogP contribution in [-0.2, 0) is 4.74 Å². The molecule has 0 saturated carbocycles. The van der Waals surface area contributed by atoms with E-state index in [2.05, 4.69) is 20.8 Å². The van der Waals surface area contributed by atoms with Crippen LogP contribution in [0.3, 0.4) is 0 Å². The summed E-state index contributed by atoms with van der Waals surface area (Å²) in [6.45, 7) is 7.18. The van der Waals surface area contributed by atoms with E-state index in [9.17, 15) is 5.11 Å². The summed E-state index contributed by atoms with van der Waals surface area (Å²) >= 11 is 0. The van der Waals surface area contributed by atoms with Crippen LogP contribution >= 0.6 is 0 Å². The molecule has 2 unspecified atom stereocenters. The Morgan fingerprint density at radius 1 is 0.929 bits per heavy atom. The molecule has 0 aliphatic rings. The first-order chi connectivity index (χ1) is 13.5. The summed E-state index contributed by atoms with van der Waals surface area (Å²) < 4.78 is 11.8. The molecule has 1 aromatic carbocycles. The third kappa shape index (κ3) is 11.0. The second kappa shape index (κ2) is 14.8. The molecule has 0 saturated heterocycles. The smallest absolute Gasteiger partial charge is 0.120 e. The van der Waals surface area contributed by atoms with Crippen molar-refractivity contribution in [3.05, 3.63) is 30.3 Å². The molecule has 0 aliphatic heterocycles. The van der Waals surface area contributed by atoms with Gasteiger partial charge >= 0.3 is 0 Å². The average molecular weight is 395 g/mol. The van der Waals surface area contributed by atoms with Gasteiger partial charge in [-0.25, -0.2) is 0 Å². The summed E-state index contributed by atoms with van der Waals surface area (Å²) in [4.78, 5) is 0. The highest BCUT2D eigenvalue weighted by Crippen LogP contribution is 2.32. The summed E-state index contributed by atoms with van der Waals surface area (Å²) in [6, 6.07) is 10.1. The van der Waals surface area contributed by atoms with Gasteiger partial charge in [-0.2, -0.15) is 0 Å². The third-order valence-electron chi connectivity index (χ3n) is 5.38. The topological polar surface area (TPSA) is 58.9 Å². The van der Waals surface area contributed by atoms with E-state index in [-0.39, 0.29) is 18.8 Å². The molecular weight excluding hydrogens is 352 g/mol. The predicted molar refractivity (Wildman–Crippen MR) is 116 cm³/mol. The van der Waals surface area contributed by atoms with E-state index in [1.54, 1.807) is 0 Å². The van der Waals surface area contributed by atoms with Crippen molar-refractivity contribution in [3.63, 3.8) is 0 Å². The second-order valence-electron chi connectivity index (χ2n) is 8.33. The Labute approximate surface area is 172 Å². The first kappa shape index (κ1) is 24.9. The van der Waals surface area contributed by atoms with E-state index in [0.717, 1.165) is 25.0 Å². The van der Waals surface area contributed by atoms with Crippen LogP contribution in [0.25, 0.3) is 0 Å². The lowest BCUT2D eigenvalue weighted by Crippen LogP contribution is -2.38. The molecule has 0 bridgehead atoms. The maximum atomic E-state index is 9.37. The zero-order valence-electron chi connectivity index (χ0n) is 18.2. The Morgan fingerprint density at radius 3 is 2.25 bits per heavy atom. The van der Waals surface area contributed by atoms with Crippen LogP contribution in [0.1, 0.15) is 78.6 Å². The van der Waals surface area contributed by atoms with E-state index in [1.165, 1.54) is 38.5 Å². The largest absolute Gasteiger partial charge is 0.488 e. The van der Waals surface area contributed by atoms with E-state index in [0.29, 0.717) is 12.5 Å². The lowest BCUT2D eigenvalue weighted by molar-refractivity contribution is -0.00210. The summed E-state index contributed by atoms with van der Waals surface area (Å²) in [5.74, 6) is 1.37. The van der Waals surface area contributed by atoms with Crippen molar-refractivity contribution >= 4 is 0 Å². The Bertz CT molecular complexity index is 475. The molecule has 4 heteroatoms. The van der Waals surface area contributed by atoms with Crippen molar-refractivity contribution < 1.29 is 19.7 Å². The van der Waals surface area contributed by atoms with Gasteiger partial charge in [0, 0.05) is 6.61 Å². The van der Waals surface area contributed by atoms with E-state index in [4.69, 9.17) is 14.6 Å². The van der Waals surface area contributed by atoms with Gasteiger partial charge in [0.25, 0.3) is 0 Å². The molecule has 0 spiro atoms. The molecule has 0 radical (unpaired) electrons. The van der Waals surface area contributed by atoms with Gasteiger partial charge in [-0.15, -0.1) is 0 Å². The first-order valence-electron chi connectivity index (χ1n) is 11.1. The normalized spacial score (nSPS) is 14.0. The molecule has 0 amide bonds. The minimum atomic E-state index is -0.781. The molecule has 2 N–H and O–H groups in total. The maximum absolute atomic E-state index is 9.37. The van der Waals surface area contributed by atoms with Crippen molar-refractivity contribution in [1.29, 1.82) is 0 Å². The Morgan fingerprint density at radius 2 is 1.57 bits per heavy atom. The van der Waals surface area contributed by atoms with Crippen molar-refractivity contribution in [3.8, 4) is 5.75 Å². The molecule has 0 aliphatic carbocycles. The SMILES string of the molecule is CCCCCCCCC(CCCOCC(O)CO)C(C)(C)Oc1ccccc1. The van der Waals surface area contributed by atoms with Gasteiger partial charge in [0.2, 0.25) is 0 Å². The quantitative estimate of drug-likeness (QED) is 0.349. The number of benzene rings is 1. The number of para-hydroxylation sites is 1. The number of aliphatic hydroxyl groups is 2. The molecule has 4 nitrogen and oxygen atoms in total. The summed E-state index contributed by atoms with van der Waals surface area (Å²) in [7, 11) is 0. The van der Waals surface area contributed by atoms with Crippen LogP contribution in [0.2, 0.25) is 0 Å². The monoisotopic (exact) mass is 394 g/mol. The lowest BCUT2D eigenvalue weighted by Gasteiger charge is -2.35. The minimum absolute atomic E-state index is 0.197. The van der Waals surface area contributed by atoms with E-state index in [1.807, 2.05) is 30.3 Å². The second-order valence-corrected chi connectivity index (χ2v) is 8.33. The predicted octanol–water partition coefficient (Wildman–Crippen LogP) is 5.36. The third-order valence-corrected chi connectivity index (χ3v) is 5.38. The van der Waals surface area contributed by atoms with E-state index < -0.39 is 6.10 Å². The molecule has 2 atom stereocenters. The fourth-order valence-corrected chi connectivity index (χ4v) is 3.59. The highest BCUT2D eigenvalue weighted by atomic mass is 16.5. The van der Waals surface area contributed by atoms with Crippen LogP contribution in [0.4, 0.5) is 0 Å². The number of unbranched alkanes of at least 4 members (excludes halogenated alkanes) is 5. The van der Waals surface area contributed by atoms with E-state index >= 15 is 0 Å². The zero-order chi connectivity index (χ0) is 20.7. The molecule has 162 valence electrons. The lowest BCUT2D eigenvalue weighted by atomic mass is 9.82. The van der Waals surface area contributed by atoms with Crippen molar-refractivity contribution in [2.24, 2.45) is 5.92 Å². The molecular formula is C24H42O4. The zero-order valence-corrected chi connectivity index (χ0v) is 18.2. The Balaban J connectivity index is 2.50. The molecule has 28 heavy (non-hydrogen) atoms. The molecule has 0 aromatic heterocycles. The molecule has 0 fully saturated rings. The number of hydrogen-bond donors (Lipinski definition) is 2. The van der Waals surface area contributed by atoms with Crippen molar-refractivity contribution in [1.82, 2.24) is 0 Å². The highest BCUT2D eigenvalue weighted by molar-refractivity contribution is 5.22. The van der Waals surface area contributed by atoms with Gasteiger partial charge in [0.05, 0.1) is 13.2 Å². The number of hydrogen-bond acceptors (Lipinski definition) is 4. The van der Waals surface area contributed by atoms with Gasteiger partial charge in [0.15, 0.2) is 0 Å². The van der Waals surface area contributed by atoms with Crippen molar-refractivity contribution in [2.75, 3.05) is 19.8 Å². The summed E-state index contributed by atoms with van der Waals surface area (Å²) in [5, 5.41) is 18.2.